The molecule has 0 fully saturated rings. The fourth-order valence-corrected chi connectivity index (χ4v) is 11.5. The molecule has 0 aliphatic carbocycles. The van der Waals surface area contributed by atoms with E-state index >= 15 is 0 Å². The third-order valence-corrected chi connectivity index (χ3v) is 14.0. The van der Waals surface area contributed by atoms with Crippen LogP contribution in [0.25, 0.3) is 105 Å². The molecule has 11 aromatic rings. The number of fused-ring (bicyclic) bond motifs is 6. The van der Waals surface area contributed by atoms with Crippen LogP contribution in [0.1, 0.15) is 0 Å². The van der Waals surface area contributed by atoms with Gasteiger partial charge in [0.25, 0.3) is 0 Å². The molecule has 0 atom stereocenters. The van der Waals surface area contributed by atoms with Gasteiger partial charge in [0.2, 0.25) is 0 Å². The lowest BCUT2D eigenvalue weighted by atomic mass is 9.87. The number of rotatable bonds is 5. The van der Waals surface area contributed by atoms with E-state index in [4.69, 9.17) is 0 Å². The minimum absolute atomic E-state index is 1.24. The van der Waals surface area contributed by atoms with Crippen LogP contribution in [0.5, 0.6) is 0 Å². The predicted octanol–water partition coefficient (Wildman–Crippen LogP) is 16.0. The van der Waals surface area contributed by atoms with Gasteiger partial charge >= 0.3 is 0 Å². The second kappa shape index (κ2) is 12.4. The van der Waals surface area contributed by atoms with E-state index in [1.807, 2.05) is 34.0 Å². The molecule has 0 spiro atoms. The number of benzene rings is 8. The van der Waals surface area contributed by atoms with Crippen molar-refractivity contribution >= 4 is 85.8 Å². The standard InChI is InChI=1S/C50H30S3/c1-2-12-31(13-3-1)43-26-27-44(51-43)34-15-10-14-32(28-34)33-24-25-35-30-47(52-46(35)29-33)49-39-19-6-4-17-37(39)48(38-18-5-7-20-40(38)49)42-22-11-21-41-36-16-8-9-23-45(36)53-50(41)42/h1-30H. The highest BCUT2D eigenvalue weighted by Gasteiger charge is 2.20. The van der Waals surface area contributed by atoms with Gasteiger partial charge in [0.1, 0.15) is 0 Å². The Bertz CT molecular complexity index is 3120. The van der Waals surface area contributed by atoms with Crippen LogP contribution >= 0.6 is 34.0 Å². The van der Waals surface area contributed by atoms with Crippen molar-refractivity contribution in [1.29, 1.82) is 0 Å². The molecule has 3 aromatic heterocycles. The van der Waals surface area contributed by atoms with Gasteiger partial charge in [0.15, 0.2) is 0 Å². The summed E-state index contributed by atoms with van der Waals surface area (Å²) >= 11 is 5.66. The van der Waals surface area contributed by atoms with Crippen LogP contribution < -0.4 is 0 Å². The first-order valence-electron chi connectivity index (χ1n) is 17.9. The summed E-state index contributed by atoms with van der Waals surface area (Å²) in [5.41, 5.74) is 8.96. The van der Waals surface area contributed by atoms with E-state index in [1.165, 1.54) is 105 Å². The normalized spacial score (nSPS) is 11.8. The molecule has 0 amide bonds. The summed E-state index contributed by atoms with van der Waals surface area (Å²) in [6.07, 6.45) is 0. The highest BCUT2D eigenvalue weighted by atomic mass is 32.1. The SMILES string of the molecule is c1ccc(-c2ccc(-c3cccc(-c4ccc5cc(-c6c7ccccc7c(-c7cccc8c7sc7ccccc78)c7ccccc67)sc5c4)c3)s2)cc1. The van der Waals surface area contributed by atoms with E-state index in [0.29, 0.717) is 0 Å². The number of thiophene rings is 3. The topological polar surface area (TPSA) is 0 Å². The maximum Gasteiger partial charge on any atom is 0.0434 e. The molecule has 0 bridgehead atoms. The maximum absolute atomic E-state index is 2.40. The van der Waals surface area contributed by atoms with Crippen molar-refractivity contribution in [3.05, 3.63) is 182 Å². The van der Waals surface area contributed by atoms with Crippen LogP contribution in [0, 0.1) is 0 Å². The van der Waals surface area contributed by atoms with E-state index in [0.717, 1.165) is 0 Å². The summed E-state index contributed by atoms with van der Waals surface area (Å²) in [6.45, 7) is 0. The van der Waals surface area contributed by atoms with E-state index in [-0.39, 0.29) is 0 Å². The maximum atomic E-state index is 2.40. The van der Waals surface area contributed by atoms with Crippen LogP contribution in [0.4, 0.5) is 0 Å². The van der Waals surface area contributed by atoms with Gasteiger partial charge in [-0.05, 0) is 91.1 Å². The molecule has 0 radical (unpaired) electrons. The number of hydrogen-bond acceptors (Lipinski definition) is 3. The molecule has 0 aliphatic heterocycles. The third kappa shape index (κ3) is 5.08. The van der Waals surface area contributed by atoms with E-state index < -0.39 is 0 Å². The quantitative estimate of drug-likeness (QED) is 0.155. The lowest BCUT2D eigenvalue weighted by Gasteiger charge is -2.17. The lowest BCUT2D eigenvalue weighted by molar-refractivity contribution is 1.65. The molecule has 53 heavy (non-hydrogen) atoms. The van der Waals surface area contributed by atoms with Crippen molar-refractivity contribution in [2.75, 3.05) is 0 Å². The Hall–Kier alpha value is -5.84. The summed E-state index contributed by atoms with van der Waals surface area (Å²) in [5, 5.41) is 9.13. The van der Waals surface area contributed by atoms with Gasteiger partial charge in [-0.3, -0.25) is 0 Å². The molecule has 8 aromatic carbocycles. The van der Waals surface area contributed by atoms with Gasteiger partial charge in [-0.2, -0.15) is 0 Å². The second-order valence-electron chi connectivity index (χ2n) is 13.6. The van der Waals surface area contributed by atoms with Crippen LogP contribution in [-0.2, 0) is 0 Å². The summed E-state index contributed by atoms with van der Waals surface area (Å²) in [6, 6.07) is 67.2. The lowest BCUT2D eigenvalue weighted by Crippen LogP contribution is -1.89. The first kappa shape index (κ1) is 30.8. The highest BCUT2D eigenvalue weighted by molar-refractivity contribution is 7.26. The van der Waals surface area contributed by atoms with Crippen molar-refractivity contribution in [2.45, 2.75) is 0 Å². The smallest absolute Gasteiger partial charge is 0.0434 e. The van der Waals surface area contributed by atoms with Gasteiger partial charge < -0.3 is 0 Å². The van der Waals surface area contributed by atoms with Crippen molar-refractivity contribution in [3.8, 4) is 53.6 Å². The van der Waals surface area contributed by atoms with Crippen LogP contribution in [-0.4, -0.2) is 0 Å². The fourth-order valence-electron chi connectivity index (χ4n) is 8.06. The molecule has 3 heterocycles. The van der Waals surface area contributed by atoms with Crippen molar-refractivity contribution in [2.24, 2.45) is 0 Å². The Kier molecular flexibility index (Phi) is 7.19. The van der Waals surface area contributed by atoms with E-state index in [2.05, 4.69) is 182 Å². The summed E-state index contributed by atoms with van der Waals surface area (Å²) < 4.78 is 3.99. The average molecular weight is 727 g/mol. The molecular weight excluding hydrogens is 697 g/mol. The van der Waals surface area contributed by atoms with Crippen molar-refractivity contribution in [3.63, 3.8) is 0 Å². The van der Waals surface area contributed by atoms with Gasteiger partial charge in [-0.15, -0.1) is 34.0 Å². The Labute approximate surface area is 319 Å². The van der Waals surface area contributed by atoms with Crippen molar-refractivity contribution in [1.82, 2.24) is 0 Å². The second-order valence-corrected chi connectivity index (χ2v) is 16.8. The molecule has 0 N–H and O–H groups in total. The number of hydrogen-bond donors (Lipinski definition) is 0. The molecule has 0 nitrogen and oxygen atoms in total. The Morgan fingerprint density at radius 2 is 0.868 bits per heavy atom. The summed E-state index contributed by atoms with van der Waals surface area (Å²) in [4.78, 5) is 3.89. The Balaban J connectivity index is 1.04. The monoisotopic (exact) mass is 726 g/mol. The molecule has 248 valence electrons. The third-order valence-electron chi connectivity index (χ3n) is 10.5. The molecule has 0 unspecified atom stereocenters. The van der Waals surface area contributed by atoms with Gasteiger partial charge in [0.05, 0.1) is 0 Å². The van der Waals surface area contributed by atoms with Gasteiger partial charge in [0, 0.05) is 50.6 Å². The molecular formula is C50H30S3. The minimum Gasteiger partial charge on any atom is -0.135 e. The average Bonchev–Trinajstić information content (AvgIpc) is 3.98. The van der Waals surface area contributed by atoms with Crippen molar-refractivity contribution < 1.29 is 0 Å². The van der Waals surface area contributed by atoms with Gasteiger partial charge in [-0.25, -0.2) is 0 Å². The molecule has 0 aliphatic rings. The molecule has 3 heteroatoms. The van der Waals surface area contributed by atoms with Gasteiger partial charge in [-0.1, -0.05) is 146 Å². The fraction of sp³-hybridized carbons (Fsp3) is 0. The highest BCUT2D eigenvalue weighted by Crippen LogP contribution is 2.49. The zero-order valence-electron chi connectivity index (χ0n) is 28.5. The molecule has 0 saturated carbocycles. The van der Waals surface area contributed by atoms with Crippen LogP contribution in [0.2, 0.25) is 0 Å². The predicted molar refractivity (Wildman–Crippen MR) is 235 cm³/mol. The Morgan fingerprint density at radius 1 is 0.283 bits per heavy atom. The first-order valence-corrected chi connectivity index (χ1v) is 20.4. The first-order chi connectivity index (χ1) is 26.3. The summed E-state index contributed by atoms with van der Waals surface area (Å²) in [7, 11) is 0. The van der Waals surface area contributed by atoms with Crippen LogP contribution in [0.15, 0.2) is 182 Å². The Morgan fingerprint density at radius 3 is 1.64 bits per heavy atom. The zero-order valence-corrected chi connectivity index (χ0v) is 31.0. The molecule has 11 rings (SSSR count). The summed E-state index contributed by atoms with van der Waals surface area (Å²) in [5.74, 6) is 0. The zero-order chi connectivity index (χ0) is 34.9. The minimum atomic E-state index is 1.24. The molecule has 0 saturated heterocycles. The van der Waals surface area contributed by atoms with E-state index in [9.17, 15) is 0 Å². The van der Waals surface area contributed by atoms with E-state index in [1.54, 1.807) is 0 Å². The van der Waals surface area contributed by atoms with Crippen LogP contribution in [0.3, 0.4) is 0 Å². The largest absolute Gasteiger partial charge is 0.135 e.